The van der Waals surface area contributed by atoms with Gasteiger partial charge >= 0.3 is 5.97 Å². The van der Waals surface area contributed by atoms with E-state index in [0.29, 0.717) is 37.3 Å². The van der Waals surface area contributed by atoms with Crippen molar-refractivity contribution in [3.63, 3.8) is 0 Å². The summed E-state index contributed by atoms with van der Waals surface area (Å²) in [5.41, 5.74) is 1.33. The van der Waals surface area contributed by atoms with Crippen molar-refractivity contribution in [2.45, 2.75) is 77.3 Å². The smallest absolute Gasteiger partial charge is 0.321 e. The highest BCUT2D eigenvalue weighted by Gasteiger charge is 2.48. The number of aryl methyl sites for hydroxylation is 1. The summed E-state index contributed by atoms with van der Waals surface area (Å²) in [6.45, 7) is 3.11. The topological polar surface area (TPSA) is 133 Å². The molecule has 0 spiro atoms. The lowest BCUT2D eigenvalue weighted by molar-refractivity contribution is -0.161. The minimum atomic E-state index is -1.28. The molecular formula is C28H37N7O4. The first-order valence-electron chi connectivity index (χ1n) is 14.0. The van der Waals surface area contributed by atoms with Gasteiger partial charge in [-0.3, -0.25) is 19.1 Å². The summed E-state index contributed by atoms with van der Waals surface area (Å²) in [5, 5.41) is 14.9. The quantitative estimate of drug-likeness (QED) is 0.257. The number of rotatable bonds is 8. The Morgan fingerprint density at radius 1 is 1.21 bits per heavy atom. The molecule has 2 fully saturated rings. The molecule has 4 heterocycles. The van der Waals surface area contributed by atoms with E-state index in [1.54, 1.807) is 27.7 Å². The summed E-state index contributed by atoms with van der Waals surface area (Å²) in [6, 6.07) is 3.33. The van der Waals surface area contributed by atoms with Crippen LogP contribution >= 0.6 is 0 Å². The molecule has 1 saturated carbocycles. The number of imidazole rings is 1. The number of hydrogen-bond acceptors (Lipinski definition) is 7. The van der Waals surface area contributed by atoms with E-state index in [4.69, 9.17) is 9.72 Å². The lowest BCUT2D eigenvalue weighted by atomic mass is 9.75. The minimum absolute atomic E-state index is 0.169. The van der Waals surface area contributed by atoms with Crippen molar-refractivity contribution in [3.8, 4) is 0 Å². The highest BCUT2D eigenvalue weighted by atomic mass is 16.5. The molecule has 1 aliphatic heterocycles. The van der Waals surface area contributed by atoms with Gasteiger partial charge in [0.2, 0.25) is 5.91 Å². The second-order valence-electron chi connectivity index (χ2n) is 10.7. The molecule has 0 aromatic carbocycles. The molecule has 3 aromatic rings. The van der Waals surface area contributed by atoms with Crippen LogP contribution in [0.5, 0.6) is 0 Å². The number of hydrogen-bond donors (Lipinski definition) is 2. The molecule has 3 aromatic heterocycles. The highest BCUT2D eigenvalue weighted by Crippen LogP contribution is 2.35. The fourth-order valence-electron chi connectivity index (χ4n) is 6.11. The first kappa shape index (κ1) is 26.8. The molecule has 39 heavy (non-hydrogen) atoms. The molecule has 208 valence electrons. The largest absolute Gasteiger partial charge is 0.468 e. The molecular weight excluding hydrogens is 498 g/mol. The monoisotopic (exact) mass is 535 g/mol. The van der Waals surface area contributed by atoms with Crippen LogP contribution in [-0.2, 0) is 27.3 Å². The Morgan fingerprint density at radius 2 is 2.00 bits per heavy atom. The van der Waals surface area contributed by atoms with Gasteiger partial charge in [0.25, 0.3) is 5.91 Å². The first-order chi connectivity index (χ1) is 18.9. The number of carbonyl (C=O) groups is 3. The van der Waals surface area contributed by atoms with E-state index in [1.165, 1.54) is 20.0 Å². The first-order valence-corrected chi connectivity index (χ1v) is 14.0. The molecule has 11 heteroatoms. The normalized spacial score (nSPS) is 21.2. The molecule has 1 saturated heterocycles. The predicted octanol–water partition coefficient (Wildman–Crippen LogP) is 3.00. The van der Waals surface area contributed by atoms with Crippen molar-refractivity contribution in [2.24, 2.45) is 11.3 Å². The number of nitrogens with one attached hydrogen (secondary N) is 2. The number of ether oxygens (including phenoxy) is 1. The molecule has 2 N–H and O–H groups in total. The van der Waals surface area contributed by atoms with Crippen LogP contribution in [0, 0.1) is 11.3 Å². The number of carbonyl (C=O) groups excluding carboxylic acids is 3. The van der Waals surface area contributed by atoms with Gasteiger partial charge < -0.3 is 15.4 Å². The van der Waals surface area contributed by atoms with Gasteiger partial charge in [0, 0.05) is 19.3 Å². The lowest BCUT2D eigenvalue weighted by Gasteiger charge is -2.33. The molecule has 0 radical (unpaired) electrons. The van der Waals surface area contributed by atoms with Gasteiger partial charge in [0.05, 0.1) is 31.2 Å². The van der Waals surface area contributed by atoms with Crippen molar-refractivity contribution in [1.29, 1.82) is 0 Å². The Bertz CT molecular complexity index is 1330. The molecule has 2 atom stereocenters. The van der Waals surface area contributed by atoms with E-state index in [9.17, 15) is 14.4 Å². The number of piperidine rings is 1. The van der Waals surface area contributed by atoms with Gasteiger partial charge in [-0.15, -0.1) is 0 Å². The molecule has 2 amide bonds. The van der Waals surface area contributed by atoms with Gasteiger partial charge in [-0.05, 0) is 62.6 Å². The van der Waals surface area contributed by atoms with Gasteiger partial charge in [0.15, 0.2) is 11.1 Å². The molecule has 2 aliphatic rings. The van der Waals surface area contributed by atoms with Crippen LogP contribution < -0.4 is 10.6 Å². The van der Waals surface area contributed by atoms with Gasteiger partial charge in [-0.1, -0.05) is 25.7 Å². The van der Waals surface area contributed by atoms with Crippen LogP contribution in [0.3, 0.4) is 0 Å². The molecule has 11 nitrogen and oxygen atoms in total. The molecule has 0 bridgehead atoms. The number of aromatic nitrogens is 5. The summed E-state index contributed by atoms with van der Waals surface area (Å²) in [6.07, 6.45) is 13.2. The van der Waals surface area contributed by atoms with E-state index >= 15 is 0 Å². The van der Waals surface area contributed by atoms with Crippen LogP contribution in [0.25, 0.3) is 5.65 Å². The maximum atomic E-state index is 13.3. The van der Waals surface area contributed by atoms with Crippen molar-refractivity contribution >= 4 is 23.4 Å². The number of amides is 2. The van der Waals surface area contributed by atoms with Crippen molar-refractivity contribution in [3.05, 3.63) is 47.7 Å². The third-order valence-electron chi connectivity index (χ3n) is 8.20. The van der Waals surface area contributed by atoms with Gasteiger partial charge in [0.1, 0.15) is 5.69 Å². The van der Waals surface area contributed by atoms with Crippen LogP contribution in [0.2, 0.25) is 0 Å². The fourth-order valence-corrected chi connectivity index (χ4v) is 6.11. The number of methoxy groups -OCH3 is 1. The summed E-state index contributed by atoms with van der Waals surface area (Å²) in [7, 11) is 1.31. The van der Waals surface area contributed by atoms with Crippen LogP contribution in [0.4, 0.5) is 0 Å². The molecule has 1 unspecified atom stereocenters. The SMILES string of the molecule is CCn1nccc1C(=O)N[C@H](c1cn2ncc(CC3(C(=O)OC)CCCNC3=O)cc2n1)C1CCCCCC1. The predicted molar refractivity (Wildman–Crippen MR) is 143 cm³/mol. The van der Waals surface area contributed by atoms with E-state index in [0.717, 1.165) is 36.9 Å². The van der Waals surface area contributed by atoms with Crippen LogP contribution in [0.1, 0.15) is 86.1 Å². The number of fused-ring (bicyclic) bond motifs is 1. The average molecular weight is 536 g/mol. The van der Waals surface area contributed by atoms with E-state index in [1.807, 2.05) is 19.2 Å². The van der Waals surface area contributed by atoms with E-state index < -0.39 is 11.4 Å². The van der Waals surface area contributed by atoms with Crippen molar-refractivity contribution in [1.82, 2.24) is 35.0 Å². The standard InChI is InChI=1S/C28H37N7O4/c1-3-34-22(11-14-30-34)25(36)33-24(20-9-6-4-5-7-10-20)21-18-35-23(32-21)15-19(17-31-35)16-28(27(38)39-2)12-8-13-29-26(28)37/h11,14-15,17-18,20,24H,3-10,12-13,16H2,1-2H3,(H,29,37)(H,33,36)/t24-,28?/m0/s1. The number of esters is 1. The zero-order valence-electron chi connectivity index (χ0n) is 22.7. The minimum Gasteiger partial charge on any atom is -0.468 e. The maximum Gasteiger partial charge on any atom is 0.321 e. The van der Waals surface area contributed by atoms with Crippen molar-refractivity contribution < 1.29 is 19.1 Å². The summed E-state index contributed by atoms with van der Waals surface area (Å²) >= 11 is 0. The van der Waals surface area contributed by atoms with E-state index in [-0.39, 0.29) is 30.2 Å². The third kappa shape index (κ3) is 5.39. The Labute approximate surface area is 227 Å². The zero-order chi connectivity index (χ0) is 27.4. The third-order valence-corrected chi connectivity index (χ3v) is 8.20. The Morgan fingerprint density at radius 3 is 2.72 bits per heavy atom. The lowest BCUT2D eigenvalue weighted by Crippen LogP contribution is -2.52. The Kier molecular flexibility index (Phi) is 7.94. The van der Waals surface area contributed by atoms with Crippen molar-refractivity contribution in [2.75, 3.05) is 13.7 Å². The fraction of sp³-hybridized carbons (Fsp3) is 0.571. The second-order valence-corrected chi connectivity index (χ2v) is 10.7. The summed E-state index contributed by atoms with van der Waals surface area (Å²) in [5.74, 6) is -0.761. The van der Waals surface area contributed by atoms with Crippen LogP contribution in [-0.4, -0.2) is 55.8 Å². The Hall–Kier alpha value is -3.76. The van der Waals surface area contributed by atoms with Gasteiger partial charge in [-0.2, -0.15) is 10.2 Å². The second kappa shape index (κ2) is 11.5. The zero-order valence-corrected chi connectivity index (χ0v) is 22.7. The average Bonchev–Trinajstić information content (AvgIpc) is 3.51. The highest BCUT2D eigenvalue weighted by molar-refractivity contribution is 6.03. The molecule has 5 rings (SSSR count). The Balaban J connectivity index is 1.46. The van der Waals surface area contributed by atoms with Gasteiger partial charge in [-0.25, -0.2) is 9.50 Å². The van der Waals surface area contributed by atoms with Crippen LogP contribution in [0.15, 0.2) is 30.7 Å². The molecule has 1 aliphatic carbocycles. The van der Waals surface area contributed by atoms with E-state index in [2.05, 4.69) is 20.8 Å². The maximum absolute atomic E-state index is 13.3. The summed E-state index contributed by atoms with van der Waals surface area (Å²) in [4.78, 5) is 43.8. The number of nitrogens with zero attached hydrogens (tertiary/aromatic N) is 5. The summed E-state index contributed by atoms with van der Waals surface area (Å²) < 4.78 is 8.41.